The van der Waals surface area contributed by atoms with Crippen LogP contribution in [0, 0.1) is 0 Å². The number of hydrogen-bond acceptors (Lipinski definition) is 4. The summed E-state index contributed by atoms with van der Waals surface area (Å²) >= 11 is 17.6. The fraction of sp³-hybridized carbons (Fsp3) is 0.176. The van der Waals surface area contributed by atoms with E-state index in [1.54, 1.807) is 36.4 Å². The maximum Gasteiger partial charge on any atom is 0.323 e. The van der Waals surface area contributed by atoms with Crippen molar-refractivity contribution < 1.29 is 4.79 Å². The number of thiocarbonyl (C=S) groups is 1. The Bertz CT molecular complexity index is 848. The molecule has 0 fully saturated rings. The number of nitrogens with two attached hydrogens (primary N) is 3. The third-order valence-corrected chi connectivity index (χ3v) is 4.55. The van der Waals surface area contributed by atoms with Gasteiger partial charge in [-0.1, -0.05) is 29.3 Å². The molecule has 0 aliphatic rings. The van der Waals surface area contributed by atoms with Crippen molar-refractivity contribution in [1.82, 2.24) is 5.32 Å². The molecular weight excluding hydrogens is 407 g/mol. The first-order valence-electron chi connectivity index (χ1n) is 8.00. The summed E-state index contributed by atoms with van der Waals surface area (Å²) in [4.78, 5) is 13.4. The molecule has 7 nitrogen and oxygen atoms in total. The monoisotopic (exact) mass is 426 g/mol. The number of amides is 2. The molecular formula is C17H20Cl2N6OS. The van der Waals surface area contributed by atoms with E-state index in [1.807, 2.05) is 0 Å². The highest BCUT2D eigenvalue weighted by atomic mass is 35.5. The van der Waals surface area contributed by atoms with Crippen LogP contribution in [0.3, 0.4) is 0 Å². The number of halogens is 2. The van der Waals surface area contributed by atoms with Gasteiger partial charge >= 0.3 is 6.03 Å². The molecule has 0 radical (unpaired) electrons. The van der Waals surface area contributed by atoms with Crippen LogP contribution in [0.2, 0.25) is 10.0 Å². The number of urea groups is 1. The van der Waals surface area contributed by atoms with Crippen molar-refractivity contribution in [2.45, 2.75) is 6.54 Å². The Balaban J connectivity index is 2.37. The minimum absolute atomic E-state index is 0.290. The van der Waals surface area contributed by atoms with Crippen molar-refractivity contribution in [2.24, 2.45) is 17.2 Å². The lowest BCUT2D eigenvalue weighted by molar-refractivity contribution is 0.256. The summed E-state index contributed by atoms with van der Waals surface area (Å²) in [7, 11) is 0. The Morgan fingerprint density at radius 3 is 2.33 bits per heavy atom. The Kier molecular flexibility index (Phi) is 7.64. The third kappa shape index (κ3) is 5.44. The van der Waals surface area contributed by atoms with Crippen LogP contribution in [0.5, 0.6) is 0 Å². The molecule has 8 N–H and O–H groups in total. The summed E-state index contributed by atoms with van der Waals surface area (Å²) in [5.41, 5.74) is 18.9. The molecule has 2 aromatic carbocycles. The van der Waals surface area contributed by atoms with Crippen molar-refractivity contribution in [3.05, 3.63) is 52.0 Å². The van der Waals surface area contributed by atoms with Gasteiger partial charge in [0.15, 0.2) is 5.11 Å². The minimum atomic E-state index is -0.677. The molecule has 0 unspecified atom stereocenters. The topological polar surface area (TPSA) is 122 Å². The molecule has 2 aromatic rings. The Morgan fingerprint density at radius 2 is 1.74 bits per heavy atom. The number of rotatable bonds is 6. The maximum absolute atomic E-state index is 12.1. The van der Waals surface area contributed by atoms with Crippen LogP contribution in [-0.4, -0.2) is 24.2 Å². The van der Waals surface area contributed by atoms with Gasteiger partial charge in [0.2, 0.25) is 0 Å². The van der Waals surface area contributed by atoms with Crippen molar-refractivity contribution in [3.63, 3.8) is 0 Å². The number of nitrogens with zero attached hydrogens (tertiary/aromatic N) is 1. The first kappa shape index (κ1) is 21.2. The van der Waals surface area contributed by atoms with Gasteiger partial charge in [0.25, 0.3) is 0 Å². The molecule has 144 valence electrons. The second-order valence-electron chi connectivity index (χ2n) is 5.49. The predicted molar refractivity (Wildman–Crippen MR) is 116 cm³/mol. The summed E-state index contributed by atoms with van der Waals surface area (Å²) in [6.07, 6.45) is 0. The Hall–Kier alpha value is -2.10. The lowest BCUT2D eigenvalue weighted by atomic mass is 10.1. The molecule has 0 saturated carbocycles. The number of nitrogens with one attached hydrogen (secondary N) is 2. The zero-order valence-corrected chi connectivity index (χ0v) is 16.7. The van der Waals surface area contributed by atoms with E-state index in [0.29, 0.717) is 45.3 Å². The first-order valence-corrected chi connectivity index (χ1v) is 9.16. The zero-order chi connectivity index (χ0) is 20.0. The van der Waals surface area contributed by atoms with E-state index < -0.39 is 6.03 Å². The lowest BCUT2D eigenvalue weighted by Crippen LogP contribution is -2.33. The molecule has 0 aromatic heterocycles. The van der Waals surface area contributed by atoms with Gasteiger partial charge in [-0.2, -0.15) is 0 Å². The summed E-state index contributed by atoms with van der Waals surface area (Å²) in [5, 5.41) is 7.14. The van der Waals surface area contributed by atoms with Gasteiger partial charge in [-0.15, -0.1) is 0 Å². The smallest absolute Gasteiger partial charge is 0.323 e. The van der Waals surface area contributed by atoms with E-state index in [-0.39, 0.29) is 6.54 Å². The van der Waals surface area contributed by atoms with Gasteiger partial charge in [0, 0.05) is 24.7 Å². The molecule has 0 aliphatic heterocycles. The van der Waals surface area contributed by atoms with Gasteiger partial charge in [0.05, 0.1) is 22.1 Å². The lowest BCUT2D eigenvalue weighted by Gasteiger charge is -2.23. The van der Waals surface area contributed by atoms with Gasteiger partial charge in [-0.25, -0.2) is 4.79 Å². The summed E-state index contributed by atoms with van der Waals surface area (Å²) in [6.45, 7) is 1.24. The molecule has 2 rings (SSSR count). The summed E-state index contributed by atoms with van der Waals surface area (Å²) in [5.74, 6) is 0. The van der Waals surface area contributed by atoms with Crippen LogP contribution in [0.1, 0.15) is 5.56 Å². The zero-order valence-electron chi connectivity index (χ0n) is 14.3. The molecule has 2 amide bonds. The minimum Gasteiger partial charge on any atom is -0.361 e. The predicted octanol–water partition coefficient (Wildman–Crippen LogP) is 2.91. The van der Waals surface area contributed by atoms with Crippen LogP contribution >= 0.6 is 35.4 Å². The van der Waals surface area contributed by atoms with Crippen molar-refractivity contribution >= 4 is 63.6 Å². The molecule has 0 saturated heterocycles. The normalized spacial score (nSPS) is 10.4. The highest BCUT2D eigenvalue weighted by Gasteiger charge is 2.18. The molecule has 27 heavy (non-hydrogen) atoms. The quantitative estimate of drug-likeness (QED) is 0.452. The molecule has 0 spiro atoms. The number of anilines is 3. The average Bonchev–Trinajstić information content (AvgIpc) is 2.62. The maximum atomic E-state index is 12.1. The molecule has 0 bridgehead atoms. The molecule has 10 heteroatoms. The van der Waals surface area contributed by atoms with Crippen LogP contribution < -0.4 is 32.7 Å². The second kappa shape index (κ2) is 9.72. The van der Waals surface area contributed by atoms with E-state index in [0.717, 1.165) is 5.56 Å². The highest BCUT2D eigenvalue weighted by Crippen LogP contribution is 2.33. The number of primary amides is 1. The molecule has 0 heterocycles. The Morgan fingerprint density at radius 1 is 1.07 bits per heavy atom. The SMILES string of the molecule is NCCNC(=S)Nc1cc(N(C(N)=O)c2ccc(CN)c(Cl)c2)ccc1Cl. The van der Waals surface area contributed by atoms with E-state index in [4.69, 9.17) is 52.6 Å². The van der Waals surface area contributed by atoms with Crippen LogP contribution in [0.25, 0.3) is 0 Å². The van der Waals surface area contributed by atoms with Crippen LogP contribution in [0.15, 0.2) is 36.4 Å². The third-order valence-electron chi connectivity index (χ3n) is 3.62. The van der Waals surface area contributed by atoms with Crippen molar-refractivity contribution in [2.75, 3.05) is 23.3 Å². The Labute approximate surface area is 172 Å². The van der Waals surface area contributed by atoms with Crippen molar-refractivity contribution in [3.8, 4) is 0 Å². The largest absolute Gasteiger partial charge is 0.361 e. The van der Waals surface area contributed by atoms with Crippen molar-refractivity contribution in [1.29, 1.82) is 0 Å². The summed E-state index contributed by atoms with van der Waals surface area (Å²) < 4.78 is 0. The van der Waals surface area contributed by atoms with Crippen LogP contribution in [-0.2, 0) is 6.54 Å². The number of carbonyl (C=O) groups is 1. The van der Waals surface area contributed by atoms with Gasteiger partial charge in [0.1, 0.15) is 0 Å². The number of carbonyl (C=O) groups excluding carboxylic acids is 1. The van der Waals surface area contributed by atoms with E-state index in [1.165, 1.54) is 4.90 Å². The van der Waals surface area contributed by atoms with E-state index in [2.05, 4.69) is 10.6 Å². The highest BCUT2D eigenvalue weighted by molar-refractivity contribution is 7.80. The van der Waals surface area contributed by atoms with Gasteiger partial charge in [-0.3, -0.25) is 4.90 Å². The first-order chi connectivity index (χ1) is 12.9. The van der Waals surface area contributed by atoms with Gasteiger partial charge in [-0.05, 0) is 48.1 Å². The average molecular weight is 427 g/mol. The fourth-order valence-corrected chi connectivity index (χ4v) is 2.97. The number of benzene rings is 2. The fourth-order valence-electron chi connectivity index (χ4n) is 2.34. The van der Waals surface area contributed by atoms with Gasteiger partial charge < -0.3 is 27.8 Å². The second-order valence-corrected chi connectivity index (χ2v) is 6.71. The molecule has 0 aliphatic carbocycles. The van der Waals surface area contributed by atoms with Crippen LogP contribution in [0.4, 0.5) is 21.9 Å². The number of hydrogen-bond donors (Lipinski definition) is 5. The molecule has 0 atom stereocenters. The summed E-state index contributed by atoms with van der Waals surface area (Å²) in [6, 6.07) is 9.37. The standard InChI is InChI=1S/C17H20Cl2N6OS/c18-13-4-3-12(8-15(13)24-17(27)23-6-5-20)25(16(22)26)11-2-1-10(9-21)14(19)7-11/h1-4,7-8H,5-6,9,20-21H2,(H2,22,26)(H2,23,24,27). The van der Waals surface area contributed by atoms with E-state index >= 15 is 0 Å². The van der Waals surface area contributed by atoms with E-state index in [9.17, 15) is 4.79 Å².